The maximum atomic E-state index is 13.3. The summed E-state index contributed by atoms with van der Waals surface area (Å²) < 4.78 is 7.49. The van der Waals surface area contributed by atoms with Crippen LogP contribution in [0.2, 0.25) is 0 Å². The number of carbonyl (C=O) groups excluding carboxylic acids is 3. The summed E-state index contributed by atoms with van der Waals surface area (Å²) in [6, 6.07) is 1.57. The molecular formula is C23H32N6O4. The second-order valence-corrected chi connectivity index (χ2v) is 8.13. The van der Waals surface area contributed by atoms with Crippen molar-refractivity contribution in [3.8, 4) is 5.88 Å². The SMILES string of the molecule is CCCCOc1ncc(C(C)=O)cc1C(=O)Nc1c(C(N)=O)nn(C2CN(CC)C2)c1CC. The van der Waals surface area contributed by atoms with E-state index >= 15 is 0 Å². The minimum absolute atomic E-state index is 0.0132. The maximum Gasteiger partial charge on any atom is 0.271 e. The van der Waals surface area contributed by atoms with Gasteiger partial charge in [0.25, 0.3) is 11.8 Å². The summed E-state index contributed by atoms with van der Waals surface area (Å²) in [5.41, 5.74) is 7.03. The van der Waals surface area contributed by atoms with Crippen molar-refractivity contribution in [1.82, 2.24) is 19.7 Å². The Morgan fingerprint density at radius 1 is 1.24 bits per heavy atom. The minimum atomic E-state index is -0.722. The smallest absolute Gasteiger partial charge is 0.271 e. The van der Waals surface area contributed by atoms with Crippen LogP contribution in [0.5, 0.6) is 5.88 Å². The Bertz CT molecular complexity index is 1040. The molecule has 178 valence electrons. The van der Waals surface area contributed by atoms with Crippen molar-refractivity contribution < 1.29 is 19.1 Å². The number of primary amides is 1. The summed E-state index contributed by atoms with van der Waals surface area (Å²) in [4.78, 5) is 43.8. The highest BCUT2D eigenvalue weighted by molar-refractivity contribution is 6.10. The number of nitrogens with two attached hydrogens (primary N) is 1. The number of amides is 2. The number of ketones is 1. The monoisotopic (exact) mass is 456 g/mol. The molecule has 0 saturated carbocycles. The van der Waals surface area contributed by atoms with E-state index in [1.54, 1.807) is 4.68 Å². The van der Waals surface area contributed by atoms with E-state index in [0.29, 0.717) is 18.6 Å². The molecule has 1 aliphatic heterocycles. The number of Topliss-reactive ketones (excluding diaryl/α,β-unsaturated/α-hetero) is 1. The third kappa shape index (κ3) is 5.22. The third-order valence-corrected chi connectivity index (χ3v) is 5.79. The predicted molar refractivity (Wildman–Crippen MR) is 124 cm³/mol. The molecule has 0 unspecified atom stereocenters. The van der Waals surface area contributed by atoms with E-state index in [2.05, 4.69) is 27.2 Å². The molecule has 1 fully saturated rings. The van der Waals surface area contributed by atoms with Crippen LogP contribution in [0.3, 0.4) is 0 Å². The molecule has 0 radical (unpaired) electrons. The van der Waals surface area contributed by atoms with Crippen LogP contribution in [0, 0.1) is 0 Å². The van der Waals surface area contributed by atoms with Crippen LogP contribution >= 0.6 is 0 Å². The van der Waals surface area contributed by atoms with Gasteiger partial charge in [-0.25, -0.2) is 4.98 Å². The zero-order valence-electron chi connectivity index (χ0n) is 19.7. The quantitative estimate of drug-likeness (QED) is 0.392. The van der Waals surface area contributed by atoms with Gasteiger partial charge in [0.15, 0.2) is 11.5 Å². The molecule has 1 aliphatic rings. The zero-order valence-corrected chi connectivity index (χ0v) is 19.7. The van der Waals surface area contributed by atoms with Crippen LogP contribution in [0.25, 0.3) is 0 Å². The summed E-state index contributed by atoms with van der Waals surface area (Å²) in [7, 11) is 0. The molecule has 0 atom stereocenters. The number of pyridine rings is 1. The maximum absolute atomic E-state index is 13.3. The van der Waals surface area contributed by atoms with Crippen LogP contribution in [-0.4, -0.2) is 63.5 Å². The molecule has 3 heterocycles. The van der Waals surface area contributed by atoms with Crippen molar-refractivity contribution in [2.24, 2.45) is 5.73 Å². The molecule has 2 aromatic heterocycles. The van der Waals surface area contributed by atoms with Crippen molar-refractivity contribution in [3.05, 3.63) is 34.8 Å². The van der Waals surface area contributed by atoms with Crippen molar-refractivity contribution in [2.75, 3.05) is 31.6 Å². The lowest BCUT2D eigenvalue weighted by Crippen LogP contribution is -2.48. The van der Waals surface area contributed by atoms with E-state index < -0.39 is 11.8 Å². The van der Waals surface area contributed by atoms with Crippen LogP contribution < -0.4 is 15.8 Å². The van der Waals surface area contributed by atoms with Crippen molar-refractivity contribution >= 4 is 23.3 Å². The Morgan fingerprint density at radius 3 is 2.55 bits per heavy atom. The largest absolute Gasteiger partial charge is 0.477 e. The topological polar surface area (TPSA) is 132 Å². The summed E-state index contributed by atoms with van der Waals surface area (Å²) in [5, 5.41) is 7.25. The molecule has 10 heteroatoms. The standard InChI is InChI=1S/C23H32N6O4/c1-5-8-9-33-23-17(10-15(11-25-23)14(4)30)22(32)26-19-18(6-2)29(27-20(19)21(24)31)16-12-28(7-3)13-16/h10-11,16H,5-9,12-13H2,1-4H3,(H2,24,31)(H,26,32). The first-order valence-electron chi connectivity index (χ1n) is 11.4. The number of rotatable bonds is 11. The van der Waals surface area contributed by atoms with Gasteiger partial charge in [0, 0.05) is 24.8 Å². The predicted octanol–water partition coefficient (Wildman–Crippen LogP) is 2.45. The van der Waals surface area contributed by atoms with E-state index in [9.17, 15) is 14.4 Å². The highest BCUT2D eigenvalue weighted by atomic mass is 16.5. The summed E-state index contributed by atoms with van der Waals surface area (Å²) in [5.74, 6) is -1.35. The molecule has 10 nitrogen and oxygen atoms in total. The van der Waals surface area contributed by atoms with E-state index in [4.69, 9.17) is 10.5 Å². The van der Waals surface area contributed by atoms with E-state index in [1.807, 2.05) is 13.8 Å². The number of anilines is 1. The van der Waals surface area contributed by atoms with Gasteiger partial charge >= 0.3 is 0 Å². The summed E-state index contributed by atoms with van der Waals surface area (Å²) in [6.45, 7) is 10.4. The Morgan fingerprint density at radius 2 is 1.97 bits per heavy atom. The van der Waals surface area contributed by atoms with Gasteiger partial charge in [0.2, 0.25) is 5.88 Å². The lowest BCUT2D eigenvalue weighted by molar-refractivity contribution is 0.0967. The second-order valence-electron chi connectivity index (χ2n) is 8.13. The number of carbonyl (C=O) groups is 3. The van der Waals surface area contributed by atoms with Gasteiger partial charge in [0.1, 0.15) is 5.56 Å². The van der Waals surface area contributed by atoms with Crippen LogP contribution in [0.15, 0.2) is 12.3 Å². The minimum Gasteiger partial charge on any atom is -0.477 e. The Kier molecular flexibility index (Phi) is 7.80. The average Bonchev–Trinajstić information content (AvgIpc) is 3.11. The fraction of sp³-hybridized carbons (Fsp3) is 0.522. The second kappa shape index (κ2) is 10.6. The van der Waals surface area contributed by atoms with Crippen LogP contribution in [0.4, 0.5) is 5.69 Å². The van der Waals surface area contributed by atoms with E-state index in [1.165, 1.54) is 19.2 Å². The number of likely N-dealkylation sites (N-methyl/N-ethyl adjacent to an activating group) is 1. The van der Waals surface area contributed by atoms with Gasteiger partial charge in [0.05, 0.1) is 24.0 Å². The van der Waals surface area contributed by atoms with Gasteiger partial charge in [-0.1, -0.05) is 27.2 Å². The summed E-state index contributed by atoms with van der Waals surface area (Å²) >= 11 is 0. The average molecular weight is 457 g/mol. The molecular weight excluding hydrogens is 424 g/mol. The number of hydrogen-bond donors (Lipinski definition) is 2. The highest BCUT2D eigenvalue weighted by Crippen LogP contribution is 2.30. The Hall–Kier alpha value is -3.27. The lowest BCUT2D eigenvalue weighted by Gasteiger charge is -2.39. The highest BCUT2D eigenvalue weighted by Gasteiger charge is 2.33. The van der Waals surface area contributed by atoms with Gasteiger partial charge in [-0.3, -0.25) is 24.0 Å². The van der Waals surface area contributed by atoms with Crippen molar-refractivity contribution in [3.63, 3.8) is 0 Å². The number of likely N-dealkylation sites (tertiary alicyclic amines) is 1. The zero-order chi connectivity index (χ0) is 24.1. The molecule has 0 aliphatic carbocycles. The summed E-state index contributed by atoms with van der Waals surface area (Å²) in [6.07, 6.45) is 3.65. The molecule has 2 amide bonds. The Balaban J connectivity index is 1.96. The van der Waals surface area contributed by atoms with Crippen LogP contribution in [0.1, 0.15) is 83.5 Å². The fourth-order valence-electron chi connectivity index (χ4n) is 3.79. The van der Waals surface area contributed by atoms with Gasteiger partial charge in [-0.2, -0.15) is 5.10 Å². The molecule has 33 heavy (non-hydrogen) atoms. The molecule has 2 aromatic rings. The first kappa shape index (κ1) is 24.4. The van der Waals surface area contributed by atoms with Crippen LogP contribution in [-0.2, 0) is 6.42 Å². The molecule has 0 bridgehead atoms. The van der Waals surface area contributed by atoms with E-state index in [0.717, 1.165) is 38.2 Å². The third-order valence-electron chi connectivity index (χ3n) is 5.79. The molecule has 3 N–H and O–H groups in total. The van der Waals surface area contributed by atoms with Crippen molar-refractivity contribution in [2.45, 2.75) is 53.0 Å². The molecule has 3 rings (SSSR count). The number of aromatic nitrogens is 3. The number of hydrogen-bond acceptors (Lipinski definition) is 7. The lowest BCUT2D eigenvalue weighted by atomic mass is 10.1. The fourth-order valence-corrected chi connectivity index (χ4v) is 3.79. The van der Waals surface area contributed by atoms with Gasteiger partial charge in [-0.15, -0.1) is 0 Å². The number of nitrogens with one attached hydrogen (secondary N) is 1. The molecule has 0 spiro atoms. The first-order chi connectivity index (χ1) is 15.8. The number of nitrogens with zero attached hydrogens (tertiary/aromatic N) is 4. The Labute approximate surface area is 193 Å². The first-order valence-corrected chi connectivity index (χ1v) is 11.4. The van der Waals surface area contributed by atoms with E-state index in [-0.39, 0.29) is 34.6 Å². The molecule has 1 saturated heterocycles. The molecule has 0 aromatic carbocycles. The van der Waals surface area contributed by atoms with Gasteiger partial charge in [-0.05, 0) is 32.4 Å². The number of unbranched alkanes of at least 4 members (excludes halogenated alkanes) is 1. The number of ether oxygens (including phenoxy) is 1. The van der Waals surface area contributed by atoms with Crippen molar-refractivity contribution in [1.29, 1.82) is 0 Å². The normalized spacial score (nSPS) is 14.1. The van der Waals surface area contributed by atoms with Gasteiger partial charge < -0.3 is 15.8 Å².